The Hall–Kier alpha value is -1.06. The number of nitrogens with zero attached hydrogens (tertiary/aromatic N) is 1. The van der Waals surface area contributed by atoms with Crippen LogP contribution in [0.3, 0.4) is 0 Å². The van der Waals surface area contributed by atoms with Gasteiger partial charge in [0.25, 0.3) is 0 Å². The van der Waals surface area contributed by atoms with E-state index in [-0.39, 0.29) is 0 Å². The third-order valence-corrected chi connectivity index (χ3v) is 4.33. The van der Waals surface area contributed by atoms with E-state index >= 15 is 0 Å². The molecule has 0 saturated carbocycles. The van der Waals surface area contributed by atoms with Gasteiger partial charge in [-0.25, -0.2) is 0 Å². The fraction of sp³-hybridized carbons (Fsp3) is 0.647. The molecule has 112 valence electrons. The second-order valence-electron chi connectivity index (χ2n) is 5.90. The molecule has 2 atom stereocenters. The summed E-state index contributed by atoms with van der Waals surface area (Å²) in [6.45, 7) is 10.7. The Morgan fingerprint density at radius 3 is 2.90 bits per heavy atom. The maximum absolute atomic E-state index is 5.64. The standard InChI is InChI=1S/C17H28N2O/c1-5-18-11-15-10-13(2)6-7-16(15)19-9-8-14(3)17(12-19)20-4/h6-7,10,14,17-18H,5,8-9,11-12H2,1-4H3. The highest BCUT2D eigenvalue weighted by atomic mass is 16.5. The molecule has 1 aliphatic heterocycles. The zero-order valence-corrected chi connectivity index (χ0v) is 13.3. The first-order valence-corrected chi connectivity index (χ1v) is 7.73. The van der Waals surface area contributed by atoms with Crippen LogP contribution in [0.25, 0.3) is 0 Å². The Morgan fingerprint density at radius 2 is 2.20 bits per heavy atom. The maximum atomic E-state index is 5.64. The average Bonchev–Trinajstić information content (AvgIpc) is 2.46. The number of nitrogens with one attached hydrogen (secondary N) is 1. The van der Waals surface area contributed by atoms with Gasteiger partial charge in [0.2, 0.25) is 0 Å². The quantitative estimate of drug-likeness (QED) is 0.895. The SMILES string of the molecule is CCNCc1cc(C)ccc1N1CCC(C)C(OC)C1. The molecule has 3 heteroatoms. The number of methoxy groups -OCH3 is 1. The number of ether oxygens (including phenoxy) is 1. The van der Waals surface area contributed by atoms with Crippen molar-refractivity contribution in [1.29, 1.82) is 0 Å². The van der Waals surface area contributed by atoms with E-state index in [9.17, 15) is 0 Å². The van der Waals surface area contributed by atoms with Crippen molar-refractivity contribution < 1.29 is 4.74 Å². The highest BCUT2D eigenvalue weighted by Crippen LogP contribution is 2.28. The number of hydrogen-bond donors (Lipinski definition) is 1. The van der Waals surface area contributed by atoms with Crippen LogP contribution in [0.15, 0.2) is 18.2 Å². The number of piperidine rings is 1. The molecule has 0 amide bonds. The lowest BCUT2D eigenvalue weighted by molar-refractivity contribution is 0.0498. The zero-order chi connectivity index (χ0) is 14.5. The Morgan fingerprint density at radius 1 is 1.40 bits per heavy atom. The normalized spacial score (nSPS) is 23.1. The molecule has 1 heterocycles. The van der Waals surface area contributed by atoms with Crippen LogP contribution in [0.1, 0.15) is 31.4 Å². The molecule has 2 rings (SSSR count). The molecule has 0 spiro atoms. The van der Waals surface area contributed by atoms with Gasteiger partial charge in [-0.15, -0.1) is 0 Å². The van der Waals surface area contributed by atoms with Crippen molar-refractivity contribution >= 4 is 5.69 Å². The van der Waals surface area contributed by atoms with Crippen LogP contribution in [0.4, 0.5) is 5.69 Å². The second-order valence-corrected chi connectivity index (χ2v) is 5.90. The van der Waals surface area contributed by atoms with Crippen LogP contribution in [0.5, 0.6) is 0 Å². The molecular weight excluding hydrogens is 248 g/mol. The smallest absolute Gasteiger partial charge is 0.0772 e. The van der Waals surface area contributed by atoms with E-state index < -0.39 is 0 Å². The van der Waals surface area contributed by atoms with Crippen LogP contribution < -0.4 is 10.2 Å². The Labute approximate surface area is 123 Å². The summed E-state index contributed by atoms with van der Waals surface area (Å²) in [5, 5.41) is 3.45. The van der Waals surface area contributed by atoms with Gasteiger partial charge in [0, 0.05) is 32.4 Å². The summed E-state index contributed by atoms with van der Waals surface area (Å²) in [5.41, 5.74) is 4.09. The van der Waals surface area contributed by atoms with Crippen LogP contribution in [0.2, 0.25) is 0 Å². The minimum Gasteiger partial charge on any atom is -0.379 e. The van der Waals surface area contributed by atoms with E-state index in [0.717, 1.165) is 26.2 Å². The maximum Gasteiger partial charge on any atom is 0.0772 e. The Kier molecular flexibility index (Phi) is 5.44. The lowest BCUT2D eigenvalue weighted by atomic mass is 9.94. The van der Waals surface area contributed by atoms with Gasteiger partial charge in [-0.05, 0) is 37.4 Å². The Bertz CT molecular complexity index is 433. The van der Waals surface area contributed by atoms with E-state index in [4.69, 9.17) is 4.74 Å². The highest BCUT2D eigenvalue weighted by molar-refractivity contribution is 5.55. The minimum atomic E-state index is 0.344. The molecule has 0 aromatic heterocycles. The van der Waals surface area contributed by atoms with Crippen molar-refractivity contribution in [1.82, 2.24) is 5.32 Å². The monoisotopic (exact) mass is 276 g/mol. The molecule has 2 unspecified atom stereocenters. The van der Waals surface area contributed by atoms with E-state index in [0.29, 0.717) is 12.0 Å². The first-order valence-electron chi connectivity index (χ1n) is 7.73. The number of aryl methyl sites for hydroxylation is 1. The fourth-order valence-electron chi connectivity index (χ4n) is 2.98. The third kappa shape index (κ3) is 3.53. The number of rotatable bonds is 5. The molecule has 1 N–H and O–H groups in total. The summed E-state index contributed by atoms with van der Waals surface area (Å²) in [5.74, 6) is 0.652. The molecule has 0 radical (unpaired) electrons. The first-order chi connectivity index (χ1) is 9.65. The van der Waals surface area contributed by atoms with Crippen molar-refractivity contribution in [2.24, 2.45) is 5.92 Å². The van der Waals surface area contributed by atoms with Crippen molar-refractivity contribution in [2.75, 3.05) is 31.6 Å². The number of hydrogen-bond acceptors (Lipinski definition) is 3. The zero-order valence-electron chi connectivity index (χ0n) is 13.3. The lowest BCUT2D eigenvalue weighted by Gasteiger charge is -2.38. The summed E-state index contributed by atoms with van der Waals surface area (Å²) in [6, 6.07) is 6.78. The minimum absolute atomic E-state index is 0.344. The van der Waals surface area contributed by atoms with E-state index in [1.54, 1.807) is 0 Å². The summed E-state index contributed by atoms with van der Waals surface area (Å²) in [7, 11) is 1.83. The van der Waals surface area contributed by atoms with Gasteiger partial charge >= 0.3 is 0 Å². The molecule has 1 aromatic rings. The van der Waals surface area contributed by atoms with Crippen LogP contribution in [-0.2, 0) is 11.3 Å². The van der Waals surface area contributed by atoms with Gasteiger partial charge < -0.3 is 15.0 Å². The summed E-state index contributed by atoms with van der Waals surface area (Å²) in [6.07, 6.45) is 1.55. The molecular formula is C17H28N2O. The number of anilines is 1. The summed E-state index contributed by atoms with van der Waals surface area (Å²) in [4.78, 5) is 2.49. The molecule has 3 nitrogen and oxygen atoms in total. The van der Waals surface area contributed by atoms with E-state index in [1.807, 2.05) is 7.11 Å². The van der Waals surface area contributed by atoms with Crippen molar-refractivity contribution in [2.45, 2.75) is 39.8 Å². The van der Waals surface area contributed by atoms with Crippen LogP contribution in [-0.4, -0.2) is 32.8 Å². The molecule has 1 aliphatic rings. The van der Waals surface area contributed by atoms with Gasteiger partial charge in [-0.2, -0.15) is 0 Å². The third-order valence-electron chi connectivity index (χ3n) is 4.33. The van der Waals surface area contributed by atoms with Gasteiger partial charge in [0.15, 0.2) is 0 Å². The predicted octanol–water partition coefficient (Wildman–Crippen LogP) is 2.97. The van der Waals surface area contributed by atoms with Gasteiger partial charge in [-0.1, -0.05) is 31.5 Å². The second kappa shape index (κ2) is 7.09. The fourth-order valence-corrected chi connectivity index (χ4v) is 2.98. The molecule has 0 aliphatic carbocycles. The summed E-state index contributed by atoms with van der Waals surface area (Å²) >= 11 is 0. The highest BCUT2D eigenvalue weighted by Gasteiger charge is 2.27. The molecule has 20 heavy (non-hydrogen) atoms. The first kappa shape index (κ1) is 15.3. The average molecular weight is 276 g/mol. The predicted molar refractivity (Wildman–Crippen MR) is 85.4 cm³/mol. The van der Waals surface area contributed by atoms with Crippen molar-refractivity contribution in [3.63, 3.8) is 0 Å². The molecule has 1 aromatic carbocycles. The van der Waals surface area contributed by atoms with Crippen LogP contribution >= 0.6 is 0 Å². The van der Waals surface area contributed by atoms with Crippen molar-refractivity contribution in [3.05, 3.63) is 29.3 Å². The number of benzene rings is 1. The molecule has 1 fully saturated rings. The molecule has 0 bridgehead atoms. The lowest BCUT2D eigenvalue weighted by Crippen LogP contribution is -2.44. The topological polar surface area (TPSA) is 24.5 Å². The van der Waals surface area contributed by atoms with Crippen molar-refractivity contribution in [3.8, 4) is 0 Å². The van der Waals surface area contributed by atoms with Gasteiger partial charge in [0.1, 0.15) is 0 Å². The largest absolute Gasteiger partial charge is 0.379 e. The van der Waals surface area contributed by atoms with Crippen LogP contribution in [0, 0.1) is 12.8 Å². The Balaban J connectivity index is 2.18. The van der Waals surface area contributed by atoms with Gasteiger partial charge in [-0.3, -0.25) is 0 Å². The van der Waals surface area contributed by atoms with Gasteiger partial charge in [0.05, 0.1) is 6.10 Å². The van der Waals surface area contributed by atoms with E-state index in [1.165, 1.54) is 23.2 Å². The van der Waals surface area contributed by atoms with E-state index in [2.05, 4.69) is 49.2 Å². The molecule has 1 saturated heterocycles. The summed E-state index contributed by atoms with van der Waals surface area (Å²) < 4.78 is 5.64.